The summed E-state index contributed by atoms with van der Waals surface area (Å²) in [4.78, 5) is 29.2. The minimum absolute atomic E-state index is 0.167. The van der Waals surface area contributed by atoms with Gasteiger partial charge in [0.15, 0.2) is 11.2 Å². The van der Waals surface area contributed by atoms with Crippen LogP contribution in [0.4, 0.5) is 5.69 Å². The maximum Gasteiger partial charge on any atom is 0.337 e. The van der Waals surface area contributed by atoms with Crippen LogP contribution in [0.1, 0.15) is 40.0 Å². The molecule has 2 N–H and O–H groups in total. The van der Waals surface area contributed by atoms with Gasteiger partial charge in [0, 0.05) is 29.7 Å². The van der Waals surface area contributed by atoms with Crippen molar-refractivity contribution in [1.82, 2.24) is 14.8 Å². The van der Waals surface area contributed by atoms with E-state index in [1.54, 1.807) is 53.6 Å². The number of nitrogens with zero attached hydrogens (tertiary/aromatic N) is 3. The predicted molar refractivity (Wildman–Crippen MR) is 138 cm³/mol. The zero-order valence-corrected chi connectivity index (χ0v) is 20.0. The molecule has 0 bridgehead atoms. The number of aromatic carboxylic acids is 1. The van der Waals surface area contributed by atoms with Gasteiger partial charge in [0.2, 0.25) is 0 Å². The number of anilines is 1. The summed E-state index contributed by atoms with van der Waals surface area (Å²) in [6.45, 7) is 5.78. The first-order valence-electron chi connectivity index (χ1n) is 11.5. The normalized spacial score (nSPS) is 12.0. The van der Waals surface area contributed by atoms with E-state index < -0.39 is 5.97 Å². The molecule has 0 spiro atoms. The van der Waals surface area contributed by atoms with E-state index in [4.69, 9.17) is 4.42 Å². The van der Waals surface area contributed by atoms with Gasteiger partial charge in [-0.05, 0) is 56.2 Å². The quantitative estimate of drug-likeness (QED) is 0.329. The van der Waals surface area contributed by atoms with Crippen LogP contribution in [0.2, 0.25) is 0 Å². The van der Waals surface area contributed by atoms with E-state index in [2.05, 4.69) is 15.4 Å². The molecule has 3 aromatic heterocycles. The van der Waals surface area contributed by atoms with E-state index in [1.165, 1.54) is 6.07 Å². The number of carboxylic acid groups (broad SMARTS) is 1. The molecule has 3 heterocycles. The maximum atomic E-state index is 13.1. The monoisotopic (exact) mass is 480 g/mol. The van der Waals surface area contributed by atoms with Gasteiger partial charge in [-0.3, -0.25) is 4.79 Å². The smallest absolute Gasteiger partial charge is 0.337 e. The number of aryl methyl sites for hydroxylation is 2. The number of para-hydroxylation sites is 1. The summed E-state index contributed by atoms with van der Waals surface area (Å²) in [5.74, 6) is 0.0172. The van der Waals surface area contributed by atoms with E-state index in [-0.39, 0.29) is 17.0 Å². The number of benzene rings is 2. The van der Waals surface area contributed by atoms with Crippen LogP contribution in [-0.4, -0.2) is 25.8 Å². The SMILES string of the molecule is Cc1ccc(-n2cc(-c3cc(=O)c4cc(C)cc(C(C)Nc5ccccc5C(=O)O)c4o3)cn2)nc1. The molecule has 1 unspecified atom stereocenters. The van der Waals surface area contributed by atoms with Crippen molar-refractivity contribution in [2.45, 2.75) is 26.8 Å². The fourth-order valence-corrected chi connectivity index (χ4v) is 4.18. The minimum Gasteiger partial charge on any atom is -0.478 e. The highest BCUT2D eigenvalue weighted by Gasteiger charge is 2.19. The summed E-state index contributed by atoms with van der Waals surface area (Å²) in [7, 11) is 0. The zero-order valence-electron chi connectivity index (χ0n) is 20.0. The molecule has 0 amide bonds. The van der Waals surface area contributed by atoms with Gasteiger partial charge in [-0.2, -0.15) is 5.10 Å². The largest absolute Gasteiger partial charge is 0.478 e. The Morgan fingerprint density at radius 1 is 1.06 bits per heavy atom. The van der Waals surface area contributed by atoms with Crippen molar-refractivity contribution in [3.8, 4) is 17.1 Å². The number of hydrogen-bond acceptors (Lipinski definition) is 6. The van der Waals surface area contributed by atoms with Gasteiger partial charge in [0.25, 0.3) is 0 Å². The van der Waals surface area contributed by atoms with Crippen molar-refractivity contribution in [3.05, 3.63) is 106 Å². The van der Waals surface area contributed by atoms with Crippen LogP contribution in [0.5, 0.6) is 0 Å². The Labute approximate surface area is 206 Å². The van der Waals surface area contributed by atoms with Gasteiger partial charge in [-0.25, -0.2) is 14.5 Å². The third-order valence-electron chi connectivity index (χ3n) is 6.00. The highest BCUT2D eigenvalue weighted by atomic mass is 16.4. The number of carboxylic acids is 1. The molecule has 0 aliphatic carbocycles. The van der Waals surface area contributed by atoms with Crippen LogP contribution in [0.3, 0.4) is 0 Å². The van der Waals surface area contributed by atoms with Crippen LogP contribution in [-0.2, 0) is 0 Å². The van der Waals surface area contributed by atoms with E-state index >= 15 is 0 Å². The lowest BCUT2D eigenvalue weighted by Gasteiger charge is -2.19. The number of aromatic nitrogens is 3. The molecule has 0 radical (unpaired) electrons. The van der Waals surface area contributed by atoms with Crippen LogP contribution < -0.4 is 10.7 Å². The van der Waals surface area contributed by atoms with E-state index in [1.807, 2.05) is 39.0 Å². The summed E-state index contributed by atoms with van der Waals surface area (Å²) < 4.78 is 7.92. The van der Waals surface area contributed by atoms with Crippen molar-refractivity contribution in [2.24, 2.45) is 0 Å². The fraction of sp³-hybridized carbons (Fsp3) is 0.143. The molecule has 2 aromatic carbocycles. The molecule has 0 saturated heterocycles. The zero-order chi connectivity index (χ0) is 25.4. The summed E-state index contributed by atoms with van der Waals surface area (Å²) in [5.41, 5.74) is 4.25. The van der Waals surface area contributed by atoms with E-state index in [0.29, 0.717) is 33.8 Å². The maximum absolute atomic E-state index is 13.1. The number of hydrogen-bond donors (Lipinski definition) is 2. The van der Waals surface area contributed by atoms with Gasteiger partial charge >= 0.3 is 5.97 Å². The molecule has 180 valence electrons. The van der Waals surface area contributed by atoms with E-state index in [0.717, 1.165) is 16.7 Å². The second kappa shape index (κ2) is 9.14. The molecule has 8 nitrogen and oxygen atoms in total. The predicted octanol–water partition coefficient (Wildman–Crippen LogP) is 5.53. The topological polar surface area (TPSA) is 110 Å². The highest BCUT2D eigenvalue weighted by Crippen LogP contribution is 2.31. The van der Waals surface area contributed by atoms with Crippen LogP contribution in [0.25, 0.3) is 28.1 Å². The lowest BCUT2D eigenvalue weighted by Crippen LogP contribution is -2.12. The molecular formula is C28H24N4O4. The molecule has 5 aromatic rings. The molecule has 36 heavy (non-hydrogen) atoms. The Morgan fingerprint density at radius 3 is 2.61 bits per heavy atom. The Hall–Kier alpha value is -4.72. The molecule has 0 saturated carbocycles. The number of rotatable bonds is 6. The standard InChI is InChI=1S/C28H24N4O4/c1-16-8-9-26(29-13-16)32-15-19(14-30-32)25-12-24(33)22-11-17(2)10-21(27(22)36-25)18(3)31-23-7-5-4-6-20(23)28(34)35/h4-15,18,31H,1-3H3,(H,34,35). The summed E-state index contributed by atoms with van der Waals surface area (Å²) in [5, 5.41) is 17.7. The molecule has 0 fully saturated rings. The Bertz CT molecular complexity index is 1650. The average Bonchev–Trinajstić information content (AvgIpc) is 3.35. The van der Waals surface area contributed by atoms with Crippen LogP contribution in [0.15, 0.2) is 82.4 Å². The minimum atomic E-state index is -1.02. The van der Waals surface area contributed by atoms with E-state index in [9.17, 15) is 14.7 Å². The molecule has 1 atom stereocenters. The van der Waals surface area contributed by atoms with Crippen LogP contribution >= 0.6 is 0 Å². The Morgan fingerprint density at radius 2 is 1.86 bits per heavy atom. The number of carbonyl (C=O) groups is 1. The van der Waals surface area contributed by atoms with Crippen molar-refractivity contribution in [1.29, 1.82) is 0 Å². The first-order chi connectivity index (χ1) is 17.3. The van der Waals surface area contributed by atoms with Crippen molar-refractivity contribution >= 4 is 22.6 Å². The highest BCUT2D eigenvalue weighted by molar-refractivity contribution is 5.94. The van der Waals surface area contributed by atoms with Gasteiger partial charge < -0.3 is 14.8 Å². The Kier molecular flexibility index (Phi) is 5.85. The van der Waals surface area contributed by atoms with Gasteiger partial charge in [0.05, 0.1) is 28.8 Å². The molecule has 0 aliphatic heterocycles. The second-order valence-corrected chi connectivity index (χ2v) is 8.79. The van der Waals surface area contributed by atoms with Crippen molar-refractivity contribution < 1.29 is 14.3 Å². The van der Waals surface area contributed by atoms with Gasteiger partial charge in [-0.15, -0.1) is 0 Å². The number of pyridine rings is 1. The lowest BCUT2D eigenvalue weighted by atomic mass is 10.0. The summed E-state index contributed by atoms with van der Waals surface area (Å²) >= 11 is 0. The van der Waals surface area contributed by atoms with Crippen molar-refractivity contribution in [3.63, 3.8) is 0 Å². The first-order valence-corrected chi connectivity index (χ1v) is 11.5. The number of nitrogens with one attached hydrogen (secondary N) is 1. The van der Waals surface area contributed by atoms with Gasteiger partial charge in [-0.1, -0.05) is 24.3 Å². The fourth-order valence-electron chi connectivity index (χ4n) is 4.18. The Balaban J connectivity index is 1.58. The van der Waals surface area contributed by atoms with Crippen molar-refractivity contribution in [2.75, 3.05) is 5.32 Å². The molecule has 8 heteroatoms. The third kappa shape index (κ3) is 4.36. The molecule has 0 aliphatic rings. The second-order valence-electron chi connectivity index (χ2n) is 8.79. The van der Waals surface area contributed by atoms with Crippen LogP contribution in [0, 0.1) is 13.8 Å². The molecule has 5 rings (SSSR count). The lowest BCUT2D eigenvalue weighted by molar-refractivity contribution is 0.0698. The number of fused-ring (bicyclic) bond motifs is 1. The summed E-state index contributed by atoms with van der Waals surface area (Å²) in [6.07, 6.45) is 5.16. The first kappa shape index (κ1) is 23.0. The summed E-state index contributed by atoms with van der Waals surface area (Å²) in [6, 6.07) is 15.4. The average molecular weight is 481 g/mol. The third-order valence-corrected chi connectivity index (χ3v) is 6.00. The molecular weight excluding hydrogens is 456 g/mol. The van der Waals surface area contributed by atoms with Gasteiger partial charge in [0.1, 0.15) is 11.3 Å².